The lowest BCUT2D eigenvalue weighted by Gasteiger charge is -2.40. The number of aliphatic hydroxyl groups is 1. The van der Waals surface area contributed by atoms with Crippen molar-refractivity contribution in [2.45, 2.75) is 12.1 Å². The van der Waals surface area contributed by atoms with Crippen LogP contribution < -0.4 is 0 Å². The number of carbonyl (C=O) groups excluding carboxylic acids is 1. The Bertz CT molecular complexity index is 1660. The van der Waals surface area contributed by atoms with Crippen molar-refractivity contribution >= 4 is 27.8 Å². The van der Waals surface area contributed by atoms with E-state index in [2.05, 4.69) is 11.1 Å². The number of morpholine rings is 1. The zero-order valence-corrected chi connectivity index (χ0v) is 20.3. The number of benzene rings is 3. The second-order valence-electron chi connectivity index (χ2n) is 9.22. The molecular weight excluding hydrogens is 466 g/mol. The molecule has 1 amide bonds. The van der Waals surface area contributed by atoms with Gasteiger partial charge >= 0.3 is 0 Å². The van der Waals surface area contributed by atoms with Gasteiger partial charge in [-0.05, 0) is 35.9 Å². The number of nitrogens with one attached hydrogen (secondary N) is 1. The summed E-state index contributed by atoms with van der Waals surface area (Å²) in [5, 5.41) is 20.4. The van der Waals surface area contributed by atoms with Gasteiger partial charge in [-0.25, -0.2) is 4.98 Å². The van der Waals surface area contributed by atoms with Gasteiger partial charge in [0.05, 0.1) is 41.9 Å². The first-order valence-electron chi connectivity index (χ1n) is 12.2. The van der Waals surface area contributed by atoms with Crippen LogP contribution in [-0.4, -0.2) is 56.2 Å². The summed E-state index contributed by atoms with van der Waals surface area (Å²) in [6.07, 6.45) is 1.50. The minimum absolute atomic E-state index is 0.149. The van der Waals surface area contributed by atoms with Crippen LogP contribution in [0.3, 0.4) is 0 Å². The van der Waals surface area contributed by atoms with Gasteiger partial charge in [0.25, 0.3) is 5.91 Å². The quantitative estimate of drug-likeness (QED) is 0.392. The van der Waals surface area contributed by atoms with Gasteiger partial charge in [-0.15, -0.1) is 0 Å². The Labute approximate surface area is 213 Å². The lowest BCUT2D eigenvalue weighted by atomic mass is 9.99. The molecule has 0 spiro atoms. The first-order chi connectivity index (χ1) is 18.1. The molecule has 2 aromatic heterocycles. The molecule has 2 atom stereocenters. The van der Waals surface area contributed by atoms with Crippen LogP contribution in [0.1, 0.15) is 27.6 Å². The summed E-state index contributed by atoms with van der Waals surface area (Å²) in [7, 11) is 1.93. The highest BCUT2D eigenvalue weighted by atomic mass is 16.5. The molecule has 3 heterocycles. The standard InChI is InChI=1S/C29H25N5O3/c1-33-25-14-20(29(36)34-11-12-37-27(26(34)17-35)19-5-3-2-4-6-19)8-10-23(25)32-28(33)22-16-31-24-13-18(15-30)7-9-21(22)24/h2-10,13-14,16,26-27,31,35H,11-12,17H2,1H3/t26-,27-/m0/s1. The van der Waals surface area contributed by atoms with E-state index in [1.807, 2.05) is 72.4 Å². The van der Waals surface area contributed by atoms with Crippen LogP contribution in [0.25, 0.3) is 33.3 Å². The van der Waals surface area contributed by atoms with Gasteiger partial charge in [0.1, 0.15) is 11.9 Å². The summed E-state index contributed by atoms with van der Waals surface area (Å²) in [6.45, 7) is 0.605. The fourth-order valence-electron chi connectivity index (χ4n) is 5.24. The molecule has 184 valence electrons. The molecule has 6 rings (SSSR count). The van der Waals surface area contributed by atoms with E-state index in [1.165, 1.54) is 0 Å². The van der Waals surface area contributed by atoms with E-state index in [0.29, 0.717) is 24.3 Å². The van der Waals surface area contributed by atoms with Crippen LogP contribution in [0.4, 0.5) is 0 Å². The molecule has 0 bridgehead atoms. The number of aliphatic hydroxyl groups excluding tert-OH is 1. The summed E-state index contributed by atoms with van der Waals surface area (Å²) in [4.78, 5) is 23.5. The zero-order chi connectivity index (χ0) is 25.5. The molecule has 1 aliphatic rings. The monoisotopic (exact) mass is 491 g/mol. The maximum absolute atomic E-state index is 13.7. The van der Waals surface area contributed by atoms with Crippen molar-refractivity contribution in [1.82, 2.24) is 19.4 Å². The first-order valence-corrected chi connectivity index (χ1v) is 12.2. The number of hydrogen-bond donors (Lipinski definition) is 2. The second kappa shape index (κ2) is 9.21. The average Bonchev–Trinajstić information content (AvgIpc) is 3.52. The number of aryl methyl sites for hydroxylation is 1. The van der Waals surface area contributed by atoms with Crippen molar-refractivity contribution < 1.29 is 14.6 Å². The van der Waals surface area contributed by atoms with Gasteiger partial charge < -0.3 is 24.3 Å². The molecule has 0 radical (unpaired) electrons. The minimum atomic E-state index is -0.481. The van der Waals surface area contributed by atoms with Crippen molar-refractivity contribution in [3.8, 4) is 17.5 Å². The van der Waals surface area contributed by atoms with Gasteiger partial charge in [-0.1, -0.05) is 36.4 Å². The summed E-state index contributed by atoms with van der Waals surface area (Å²) >= 11 is 0. The van der Waals surface area contributed by atoms with E-state index in [4.69, 9.17) is 9.72 Å². The lowest BCUT2D eigenvalue weighted by molar-refractivity contribution is -0.0752. The van der Waals surface area contributed by atoms with Crippen LogP contribution in [0.15, 0.2) is 72.9 Å². The fourth-order valence-corrected chi connectivity index (χ4v) is 5.24. The predicted octanol–water partition coefficient (Wildman–Crippen LogP) is 4.17. The van der Waals surface area contributed by atoms with E-state index in [9.17, 15) is 15.2 Å². The highest BCUT2D eigenvalue weighted by molar-refractivity contribution is 6.00. The Morgan fingerprint density at radius 2 is 2.03 bits per heavy atom. The third-order valence-electron chi connectivity index (χ3n) is 7.13. The molecule has 1 saturated heterocycles. The third-order valence-corrected chi connectivity index (χ3v) is 7.13. The van der Waals surface area contributed by atoms with Crippen molar-refractivity contribution in [3.05, 3.63) is 89.6 Å². The third kappa shape index (κ3) is 3.85. The molecule has 3 aromatic carbocycles. The maximum Gasteiger partial charge on any atom is 0.254 e. The number of fused-ring (bicyclic) bond motifs is 2. The highest BCUT2D eigenvalue weighted by Crippen LogP contribution is 2.32. The molecule has 37 heavy (non-hydrogen) atoms. The molecule has 2 N–H and O–H groups in total. The Morgan fingerprint density at radius 3 is 2.81 bits per heavy atom. The highest BCUT2D eigenvalue weighted by Gasteiger charge is 2.36. The topological polar surface area (TPSA) is 107 Å². The van der Waals surface area contributed by atoms with Crippen LogP contribution >= 0.6 is 0 Å². The average molecular weight is 492 g/mol. The summed E-state index contributed by atoms with van der Waals surface area (Å²) in [5.74, 6) is 0.614. The number of aromatic nitrogens is 3. The van der Waals surface area contributed by atoms with Crippen molar-refractivity contribution in [3.63, 3.8) is 0 Å². The Morgan fingerprint density at radius 1 is 1.19 bits per heavy atom. The lowest BCUT2D eigenvalue weighted by Crippen LogP contribution is -2.51. The number of hydrogen-bond acceptors (Lipinski definition) is 5. The molecule has 5 aromatic rings. The molecule has 0 saturated carbocycles. The SMILES string of the molecule is Cn1c(-c2c[nH]c3cc(C#N)ccc23)nc2ccc(C(=O)N3CCO[C@@H](c4ccccc4)[C@@H]3CO)cc21. The smallest absolute Gasteiger partial charge is 0.254 e. The number of imidazole rings is 1. The van der Waals surface area contributed by atoms with Gasteiger partial charge in [0, 0.05) is 41.8 Å². The van der Waals surface area contributed by atoms with Crippen molar-refractivity contribution in [2.24, 2.45) is 7.05 Å². The zero-order valence-electron chi connectivity index (χ0n) is 20.3. The summed E-state index contributed by atoms with van der Waals surface area (Å²) in [6, 6.07) is 22.4. The summed E-state index contributed by atoms with van der Waals surface area (Å²) in [5.41, 5.74) is 5.46. The van der Waals surface area contributed by atoms with Gasteiger partial charge in [0.2, 0.25) is 0 Å². The number of rotatable bonds is 4. The van der Waals surface area contributed by atoms with E-state index < -0.39 is 6.04 Å². The van der Waals surface area contributed by atoms with Crippen LogP contribution in [0.5, 0.6) is 0 Å². The molecule has 1 aliphatic heterocycles. The van der Waals surface area contributed by atoms with E-state index in [-0.39, 0.29) is 18.6 Å². The van der Waals surface area contributed by atoms with Gasteiger partial charge in [-0.2, -0.15) is 5.26 Å². The Hall–Kier alpha value is -4.45. The molecule has 1 fully saturated rings. The largest absolute Gasteiger partial charge is 0.394 e. The van der Waals surface area contributed by atoms with Crippen molar-refractivity contribution in [2.75, 3.05) is 19.8 Å². The number of aromatic amines is 1. The maximum atomic E-state index is 13.7. The minimum Gasteiger partial charge on any atom is -0.394 e. The van der Waals surface area contributed by atoms with Crippen molar-refractivity contribution in [1.29, 1.82) is 5.26 Å². The first kappa shape index (κ1) is 23.0. The Balaban J connectivity index is 1.35. The van der Waals surface area contributed by atoms with E-state index in [1.54, 1.807) is 17.0 Å². The van der Waals surface area contributed by atoms with E-state index in [0.717, 1.165) is 38.9 Å². The number of nitriles is 1. The Kier molecular flexibility index (Phi) is 5.72. The van der Waals surface area contributed by atoms with E-state index >= 15 is 0 Å². The number of carbonyl (C=O) groups is 1. The normalized spacial score (nSPS) is 17.8. The van der Waals surface area contributed by atoms with Gasteiger partial charge in [0.15, 0.2) is 0 Å². The molecule has 0 aliphatic carbocycles. The van der Waals surface area contributed by atoms with Gasteiger partial charge in [-0.3, -0.25) is 4.79 Å². The van der Waals surface area contributed by atoms with Crippen LogP contribution in [-0.2, 0) is 11.8 Å². The molecule has 8 nitrogen and oxygen atoms in total. The number of ether oxygens (including phenoxy) is 1. The van der Waals surface area contributed by atoms with Crippen LogP contribution in [0, 0.1) is 11.3 Å². The fraction of sp³-hybridized carbons (Fsp3) is 0.207. The number of nitrogens with zero attached hydrogens (tertiary/aromatic N) is 4. The van der Waals surface area contributed by atoms with Crippen LogP contribution in [0.2, 0.25) is 0 Å². The second-order valence-corrected chi connectivity index (χ2v) is 9.22. The predicted molar refractivity (Wildman–Crippen MR) is 140 cm³/mol. The molecular formula is C29H25N5O3. The number of H-pyrrole nitrogens is 1. The molecule has 0 unspecified atom stereocenters. The summed E-state index contributed by atoms with van der Waals surface area (Å²) < 4.78 is 7.95. The molecule has 8 heteroatoms. The number of amides is 1.